The van der Waals surface area contributed by atoms with Gasteiger partial charge in [-0.05, 0) is 6.42 Å². The van der Waals surface area contributed by atoms with Gasteiger partial charge in [0.15, 0.2) is 0 Å². The van der Waals surface area contributed by atoms with Crippen molar-refractivity contribution in [1.82, 2.24) is 4.90 Å². The Morgan fingerprint density at radius 1 is 1.39 bits per heavy atom. The molecule has 1 unspecified atom stereocenters. The minimum absolute atomic E-state index is 0.194. The van der Waals surface area contributed by atoms with E-state index in [9.17, 15) is 13.6 Å². The highest BCUT2D eigenvalue weighted by Crippen LogP contribution is 2.32. The van der Waals surface area contributed by atoms with Crippen molar-refractivity contribution in [1.29, 1.82) is 0 Å². The van der Waals surface area contributed by atoms with Gasteiger partial charge in [-0.3, -0.25) is 4.79 Å². The summed E-state index contributed by atoms with van der Waals surface area (Å²) in [5, 5.41) is 9.10. The largest absolute Gasteiger partial charge is 0.508 e. The minimum atomic E-state index is -0.884. The summed E-state index contributed by atoms with van der Waals surface area (Å²) < 4.78 is 27.2. The number of nitrogens with zero attached hydrogens (tertiary/aromatic N) is 1. The van der Waals surface area contributed by atoms with Crippen LogP contribution in [0.4, 0.5) is 8.78 Å². The Kier molecular flexibility index (Phi) is 3.56. The third-order valence-electron chi connectivity index (χ3n) is 2.76. The normalized spacial score (nSPS) is 20.0. The van der Waals surface area contributed by atoms with Gasteiger partial charge >= 0.3 is 0 Å². The monoisotopic (exact) mass is 365 g/mol. The molecule has 18 heavy (non-hydrogen) atoms. The van der Waals surface area contributed by atoms with E-state index in [4.69, 9.17) is 5.11 Å². The molecule has 1 amide bonds. The van der Waals surface area contributed by atoms with Crippen LogP contribution in [0.25, 0.3) is 5.70 Å². The average molecular weight is 365 g/mol. The van der Waals surface area contributed by atoms with Gasteiger partial charge < -0.3 is 10.0 Å². The summed E-state index contributed by atoms with van der Waals surface area (Å²) in [5.41, 5.74) is -0.0881. The van der Waals surface area contributed by atoms with Crippen LogP contribution in [-0.2, 0) is 4.79 Å². The standard InChI is InChI=1S/C12H10F2INO2/c1-16-10(3-2-9(15)12(16)18)11-7(13)4-6(17)5-8(11)14/h3-5,9,17H,2H2,1H3. The number of phenols is 1. The van der Waals surface area contributed by atoms with Crippen LogP contribution in [0.1, 0.15) is 12.0 Å². The molecule has 96 valence electrons. The molecule has 0 aromatic heterocycles. The highest BCUT2D eigenvalue weighted by molar-refractivity contribution is 14.1. The molecule has 0 saturated carbocycles. The van der Waals surface area contributed by atoms with Gasteiger partial charge in [0.25, 0.3) is 0 Å². The summed E-state index contributed by atoms with van der Waals surface area (Å²) >= 11 is 1.99. The first-order valence-electron chi connectivity index (χ1n) is 5.22. The van der Waals surface area contributed by atoms with E-state index in [2.05, 4.69) is 0 Å². The number of amides is 1. The SMILES string of the molecule is CN1C(=O)C(I)CC=C1c1c(F)cc(O)cc1F. The molecule has 6 heteroatoms. The molecule has 2 rings (SSSR count). The highest BCUT2D eigenvalue weighted by Gasteiger charge is 2.29. The van der Waals surface area contributed by atoms with E-state index in [0.29, 0.717) is 6.42 Å². The van der Waals surface area contributed by atoms with Gasteiger partial charge in [0.2, 0.25) is 5.91 Å². The van der Waals surface area contributed by atoms with Gasteiger partial charge in [-0.2, -0.15) is 0 Å². The van der Waals surface area contributed by atoms with Crippen LogP contribution in [0.3, 0.4) is 0 Å². The predicted octanol–water partition coefficient (Wildman–Crippen LogP) is 2.68. The molecule has 1 aromatic carbocycles. The lowest BCUT2D eigenvalue weighted by atomic mass is 10.0. The van der Waals surface area contributed by atoms with Crippen molar-refractivity contribution < 1.29 is 18.7 Å². The number of phenolic OH excluding ortho intramolecular Hbond substituents is 1. The van der Waals surface area contributed by atoms with Gasteiger partial charge in [0, 0.05) is 19.2 Å². The average Bonchev–Trinajstić information content (AvgIpc) is 2.28. The number of aromatic hydroxyl groups is 1. The number of hydrogen-bond acceptors (Lipinski definition) is 2. The molecule has 0 aliphatic carbocycles. The summed E-state index contributed by atoms with van der Waals surface area (Å²) in [6.45, 7) is 0. The maximum Gasteiger partial charge on any atom is 0.240 e. The predicted molar refractivity (Wildman–Crippen MR) is 71.2 cm³/mol. The molecule has 3 nitrogen and oxygen atoms in total. The molecule has 0 radical (unpaired) electrons. The van der Waals surface area contributed by atoms with Crippen LogP contribution in [0.5, 0.6) is 5.75 Å². The fraction of sp³-hybridized carbons (Fsp3) is 0.250. The van der Waals surface area contributed by atoms with E-state index in [0.717, 1.165) is 12.1 Å². The minimum Gasteiger partial charge on any atom is -0.508 e. The van der Waals surface area contributed by atoms with Gasteiger partial charge in [0.05, 0.1) is 15.2 Å². The van der Waals surface area contributed by atoms with Crippen LogP contribution in [-0.4, -0.2) is 26.9 Å². The second kappa shape index (κ2) is 4.83. The Labute approximate surface area is 116 Å². The van der Waals surface area contributed by atoms with Crippen molar-refractivity contribution in [3.63, 3.8) is 0 Å². The Morgan fingerprint density at radius 3 is 2.50 bits per heavy atom. The van der Waals surface area contributed by atoms with Crippen molar-refractivity contribution >= 4 is 34.2 Å². The molecular weight excluding hydrogens is 355 g/mol. The molecule has 1 aliphatic heterocycles. The summed E-state index contributed by atoms with van der Waals surface area (Å²) in [6, 6.07) is 1.65. The number of alkyl halides is 1. The second-order valence-corrected chi connectivity index (χ2v) is 5.48. The molecule has 1 atom stereocenters. The number of carbonyl (C=O) groups is 1. The van der Waals surface area contributed by atoms with Crippen molar-refractivity contribution in [2.75, 3.05) is 7.05 Å². The number of hydrogen-bond donors (Lipinski definition) is 1. The lowest BCUT2D eigenvalue weighted by Crippen LogP contribution is -2.35. The summed E-state index contributed by atoms with van der Waals surface area (Å²) in [4.78, 5) is 13.0. The van der Waals surface area contributed by atoms with E-state index in [1.165, 1.54) is 11.9 Å². The Hall–Kier alpha value is -1.18. The summed E-state index contributed by atoms with van der Waals surface area (Å²) in [7, 11) is 1.48. The Morgan fingerprint density at radius 2 is 1.94 bits per heavy atom. The lowest BCUT2D eigenvalue weighted by Gasteiger charge is -2.28. The van der Waals surface area contributed by atoms with Crippen molar-refractivity contribution in [2.24, 2.45) is 0 Å². The van der Waals surface area contributed by atoms with Crippen LogP contribution >= 0.6 is 22.6 Å². The molecule has 1 heterocycles. The Bertz CT molecular complexity index is 522. The van der Waals surface area contributed by atoms with E-state index in [1.54, 1.807) is 6.08 Å². The van der Waals surface area contributed by atoms with E-state index >= 15 is 0 Å². The second-order valence-electron chi connectivity index (χ2n) is 3.97. The molecule has 0 bridgehead atoms. The number of rotatable bonds is 1. The fourth-order valence-corrected chi connectivity index (χ4v) is 2.53. The van der Waals surface area contributed by atoms with E-state index in [1.807, 2.05) is 22.6 Å². The van der Waals surface area contributed by atoms with Gasteiger partial charge in [0.1, 0.15) is 17.4 Å². The van der Waals surface area contributed by atoms with Gasteiger partial charge in [-0.1, -0.05) is 28.7 Å². The number of allylic oxidation sites excluding steroid dienone is 1. The maximum atomic E-state index is 13.7. The fourth-order valence-electron chi connectivity index (χ4n) is 1.86. The molecule has 1 N–H and O–H groups in total. The van der Waals surface area contributed by atoms with Crippen LogP contribution < -0.4 is 0 Å². The molecular formula is C12H10F2INO2. The third-order valence-corrected chi connectivity index (χ3v) is 3.80. The molecule has 1 aliphatic rings. The molecule has 0 saturated heterocycles. The number of carbonyl (C=O) groups excluding carboxylic acids is 1. The lowest BCUT2D eigenvalue weighted by molar-refractivity contribution is -0.126. The third kappa shape index (κ3) is 2.21. The quantitative estimate of drug-likeness (QED) is 0.614. The zero-order chi connectivity index (χ0) is 13.4. The summed E-state index contributed by atoms with van der Waals surface area (Å²) in [6.07, 6.45) is 2.05. The first-order valence-corrected chi connectivity index (χ1v) is 6.46. The molecule has 0 fully saturated rings. The highest BCUT2D eigenvalue weighted by atomic mass is 127. The molecule has 0 spiro atoms. The topological polar surface area (TPSA) is 40.5 Å². The van der Waals surface area contributed by atoms with E-state index < -0.39 is 17.4 Å². The first-order chi connectivity index (χ1) is 8.41. The smallest absolute Gasteiger partial charge is 0.240 e. The van der Waals surface area contributed by atoms with Crippen molar-refractivity contribution in [3.8, 4) is 5.75 Å². The van der Waals surface area contributed by atoms with Gasteiger partial charge in [-0.15, -0.1) is 0 Å². The zero-order valence-electron chi connectivity index (χ0n) is 9.45. The first kappa shape index (κ1) is 13.3. The zero-order valence-corrected chi connectivity index (χ0v) is 11.6. The van der Waals surface area contributed by atoms with Crippen molar-refractivity contribution in [3.05, 3.63) is 35.4 Å². The molecule has 1 aromatic rings. The number of benzene rings is 1. The van der Waals surface area contributed by atoms with Gasteiger partial charge in [-0.25, -0.2) is 8.78 Å². The van der Waals surface area contributed by atoms with E-state index in [-0.39, 0.29) is 21.1 Å². The Balaban J connectivity index is 2.53. The maximum absolute atomic E-state index is 13.7. The van der Waals surface area contributed by atoms with Crippen LogP contribution in [0.2, 0.25) is 0 Å². The van der Waals surface area contributed by atoms with Crippen LogP contribution in [0.15, 0.2) is 18.2 Å². The van der Waals surface area contributed by atoms with Crippen LogP contribution in [0, 0.1) is 11.6 Å². The van der Waals surface area contributed by atoms with Crippen molar-refractivity contribution in [2.45, 2.75) is 10.3 Å². The summed E-state index contributed by atoms with van der Waals surface area (Å²) in [5.74, 6) is -2.44. The number of halogens is 3.